The standard InChI is InChI=1S/C18H21BrFN/c1-3-21-12-16(14-5-4-6-17(19)10-14)9-15-11-18(20)8-7-13(15)2/h4-8,10-11,16,21H,3,9,12H2,1-2H3. The second-order valence-corrected chi connectivity index (χ2v) is 6.25. The lowest BCUT2D eigenvalue weighted by Gasteiger charge is -2.19. The zero-order valence-corrected chi connectivity index (χ0v) is 14.1. The molecule has 0 aliphatic rings. The molecule has 0 aliphatic heterocycles. The summed E-state index contributed by atoms with van der Waals surface area (Å²) in [6.07, 6.45) is 0.840. The van der Waals surface area contributed by atoms with E-state index in [0.29, 0.717) is 5.92 Å². The SMILES string of the molecule is CCNCC(Cc1cc(F)ccc1C)c1cccc(Br)c1. The van der Waals surface area contributed by atoms with Crippen LogP contribution in [-0.2, 0) is 6.42 Å². The first-order chi connectivity index (χ1) is 10.1. The van der Waals surface area contributed by atoms with Crippen LogP contribution in [0.4, 0.5) is 4.39 Å². The van der Waals surface area contributed by atoms with Gasteiger partial charge >= 0.3 is 0 Å². The first kappa shape index (κ1) is 16.2. The van der Waals surface area contributed by atoms with E-state index in [1.807, 2.05) is 19.1 Å². The second-order valence-electron chi connectivity index (χ2n) is 5.33. The van der Waals surface area contributed by atoms with Crippen molar-refractivity contribution in [2.45, 2.75) is 26.2 Å². The van der Waals surface area contributed by atoms with Gasteiger partial charge in [0, 0.05) is 16.9 Å². The molecule has 0 aliphatic carbocycles. The van der Waals surface area contributed by atoms with E-state index >= 15 is 0 Å². The maximum Gasteiger partial charge on any atom is 0.123 e. The first-order valence-electron chi connectivity index (χ1n) is 7.31. The van der Waals surface area contributed by atoms with Gasteiger partial charge in [0.2, 0.25) is 0 Å². The Balaban J connectivity index is 2.25. The number of rotatable bonds is 6. The number of likely N-dealkylation sites (N-methyl/N-ethyl adjacent to an activating group) is 1. The minimum Gasteiger partial charge on any atom is -0.316 e. The molecular weight excluding hydrogens is 329 g/mol. The van der Waals surface area contributed by atoms with Crippen LogP contribution in [0, 0.1) is 12.7 Å². The Morgan fingerprint density at radius 3 is 2.71 bits per heavy atom. The predicted molar refractivity (Wildman–Crippen MR) is 90.3 cm³/mol. The van der Waals surface area contributed by atoms with Gasteiger partial charge in [0.25, 0.3) is 0 Å². The summed E-state index contributed by atoms with van der Waals surface area (Å²) in [5.74, 6) is 0.176. The lowest BCUT2D eigenvalue weighted by molar-refractivity contribution is 0.587. The molecule has 1 N–H and O–H groups in total. The number of nitrogens with one attached hydrogen (secondary N) is 1. The van der Waals surface area contributed by atoms with Crippen molar-refractivity contribution in [3.63, 3.8) is 0 Å². The van der Waals surface area contributed by atoms with E-state index in [2.05, 4.69) is 46.4 Å². The molecule has 2 aromatic rings. The van der Waals surface area contributed by atoms with Gasteiger partial charge in [-0.2, -0.15) is 0 Å². The number of benzene rings is 2. The molecule has 0 amide bonds. The molecule has 21 heavy (non-hydrogen) atoms. The number of aryl methyl sites for hydroxylation is 1. The van der Waals surface area contributed by atoms with E-state index in [1.165, 1.54) is 11.6 Å². The highest BCUT2D eigenvalue weighted by Crippen LogP contribution is 2.25. The fourth-order valence-corrected chi connectivity index (χ4v) is 2.93. The summed E-state index contributed by atoms with van der Waals surface area (Å²) < 4.78 is 14.6. The Bertz CT molecular complexity index is 598. The van der Waals surface area contributed by atoms with Crippen molar-refractivity contribution in [2.24, 2.45) is 0 Å². The molecule has 1 atom stereocenters. The summed E-state index contributed by atoms with van der Waals surface area (Å²) >= 11 is 3.53. The van der Waals surface area contributed by atoms with Crippen molar-refractivity contribution in [1.82, 2.24) is 5.32 Å². The van der Waals surface area contributed by atoms with Crippen LogP contribution >= 0.6 is 15.9 Å². The minimum absolute atomic E-state index is 0.160. The van der Waals surface area contributed by atoms with Crippen molar-refractivity contribution in [1.29, 1.82) is 0 Å². The molecule has 0 aromatic heterocycles. The van der Waals surface area contributed by atoms with E-state index in [1.54, 1.807) is 6.07 Å². The van der Waals surface area contributed by atoms with Crippen molar-refractivity contribution in [3.05, 3.63) is 69.4 Å². The minimum atomic E-state index is -0.160. The van der Waals surface area contributed by atoms with Crippen LogP contribution in [0.1, 0.15) is 29.5 Å². The zero-order chi connectivity index (χ0) is 15.2. The van der Waals surface area contributed by atoms with Crippen LogP contribution in [0.15, 0.2) is 46.9 Å². The van der Waals surface area contributed by atoms with Gasteiger partial charge in [-0.15, -0.1) is 0 Å². The third-order valence-electron chi connectivity index (χ3n) is 3.74. The highest BCUT2D eigenvalue weighted by Gasteiger charge is 2.14. The first-order valence-corrected chi connectivity index (χ1v) is 8.10. The summed E-state index contributed by atoms with van der Waals surface area (Å²) in [6.45, 7) is 5.97. The second kappa shape index (κ2) is 7.71. The Hall–Kier alpha value is -1.19. The van der Waals surface area contributed by atoms with Gasteiger partial charge in [0.15, 0.2) is 0 Å². The van der Waals surface area contributed by atoms with E-state index in [4.69, 9.17) is 0 Å². The topological polar surface area (TPSA) is 12.0 Å². The molecule has 3 heteroatoms. The zero-order valence-electron chi connectivity index (χ0n) is 12.5. The largest absolute Gasteiger partial charge is 0.316 e. The fourth-order valence-electron chi connectivity index (χ4n) is 2.51. The van der Waals surface area contributed by atoms with E-state index in [9.17, 15) is 4.39 Å². The number of halogens is 2. The molecule has 0 saturated carbocycles. The van der Waals surface area contributed by atoms with Crippen LogP contribution in [0.25, 0.3) is 0 Å². The van der Waals surface area contributed by atoms with Crippen LogP contribution < -0.4 is 5.32 Å². The van der Waals surface area contributed by atoms with Gasteiger partial charge in [-0.3, -0.25) is 0 Å². The van der Waals surface area contributed by atoms with E-state index < -0.39 is 0 Å². The van der Waals surface area contributed by atoms with Gasteiger partial charge in [0.1, 0.15) is 5.82 Å². The number of hydrogen-bond donors (Lipinski definition) is 1. The van der Waals surface area contributed by atoms with E-state index in [0.717, 1.165) is 35.1 Å². The van der Waals surface area contributed by atoms with Gasteiger partial charge in [0.05, 0.1) is 0 Å². The van der Waals surface area contributed by atoms with Crippen LogP contribution in [0.2, 0.25) is 0 Å². The lowest BCUT2D eigenvalue weighted by Crippen LogP contribution is -2.23. The predicted octanol–water partition coefficient (Wildman–Crippen LogP) is 4.83. The molecule has 2 aromatic carbocycles. The monoisotopic (exact) mass is 349 g/mol. The Labute approximate surface area is 134 Å². The van der Waals surface area contributed by atoms with Gasteiger partial charge in [-0.1, -0.05) is 41.1 Å². The molecule has 0 heterocycles. The molecule has 0 spiro atoms. The quantitative estimate of drug-likeness (QED) is 0.787. The van der Waals surface area contributed by atoms with Gasteiger partial charge in [-0.25, -0.2) is 4.39 Å². The number of hydrogen-bond acceptors (Lipinski definition) is 1. The molecule has 1 unspecified atom stereocenters. The normalized spacial score (nSPS) is 12.4. The van der Waals surface area contributed by atoms with Crippen molar-refractivity contribution < 1.29 is 4.39 Å². The summed E-state index contributed by atoms with van der Waals surface area (Å²) in [7, 11) is 0. The third-order valence-corrected chi connectivity index (χ3v) is 4.23. The smallest absolute Gasteiger partial charge is 0.123 e. The summed E-state index contributed by atoms with van der Waals surface area (Å²) in [5, 5.41) is 3.41. The highest BCUT2D eigenvalue weighted by molar-refractivity contribution is 9.10. The summed E-state index contributed by atoms with van der Waals surface area (Å²) in [4.78, 5) is 0. The summed E-state index contributed by atoms with van der Waals surface area (Å²) in [5.41, 5.74) is 3.50. The Kier molecular flexibility index (Phi) is 5.95. The fraction of sp³-hybridized carbons (Fsp3) is 0.333. The molecular formula is C18H21BrFN. The molecule has 0 saturated heterocycles. The van der Waals surface area contributed by atoms with E-state index in [-0.39, 0.29) is 5.82 Å². The van der Waals surface area contributed by atoms with Crippen LogP contribution in [0.3, 0.4) is 0 Å². The molecule has 0 fully saturated rings. The van der Waals surface area contributed by atoms with Gasteiger partial charge in [-0.05, 0) is 60.8 Å². The Morgan fingerprint density at radius 1 is 1.19 bits per heavy atom. The summed E-state index contributed by atoms with van der Waals surface area (Å²) in [6, 6.07) is 13.4. The van der Waals surface area contributed by atoms with Gasteiger partial charge < -0.3 is 5.32 Å². The molecule has 0 radical (unpaired) electrons. The Morgan fingerprint density at radius 2 is 2.00 bits per heavy atom. The van der Waals surface area contributed by atoms with Crippen molar-refractivity contribution in [3.8, 4) is 0 Å². The average molecular weight is 350 g/mol. The maximum atomic E-state index is 13.5. The maximum absolute atomic E-state index is 13.5. The van der Waals surface area contributed by atoms with Crippen LogP contribution in [0.5, 0.6) is 0 Å². The highest BCUT2D eigenvalue weighted by atomic mass is 79.9. The molecule has 2 rings (SSSR count). The van der Waals surface area contributed by atoms with Crippen LogP contribution in [-0.4, -0.2) is 13.1 Å². The molecule has 0 bridgehead atoms. The molecule has 112 valence electrons. The lowest BCUT2D eigenvalue weighted by atomic mass is 9.90. The molecule has 1 nitrogen and oxygen atoms in total. The van der Waals surface area contributed by atoms with Crippen molar-refractivity contribution >= 4 is 15.9 Å². The van der Waals surface area contributed by atoms with Crippen molar-refractivity contribution in [2.75, 3.05) is 13.1 Å². The average Bonchev–Trinajstić information content (AvgIpc) is 2.47. The third kappa shape index (κ3) is 4.65.